The number of nitrogens with zero attached hydrogens (tertiary/aromatic N) is 3. The van der Waals surface area contributed by atoms with Crippen LogP contribution in [-0.4, -0.2) is 30.5 Å². The molecule has 2 N–H and O–H groups in total. The molecule has 2 heterocycles. The monoisotopic (exact) mass is 391 g/mol. The van der Waals surface area contributed by atoms with Gasteiger partial charge in [0, 0.05) is 31.5 Å². The Hall–Kier alpha value is -2.38. The summed E-state index contributed by atoms with van der Waals surface area (Å²) in [6, 6.07) is 0. The molecule has 2 rings (SSSR count). The number of carbonyl (C=O) groups excluding carboxylic acids is 1. The third-order valence-electron chi connectivity index (χ3n) is 4.34. The van der Waals surface area contributed by atoms with Crippen molar-refractivity contribution in [1.29, 1.82) is 0 Å². The highest BCUT2D eigenvalue weighted by Gasteiger charge is 2.20. The van der Waals surface area contributed by atoms with Crippen LogP contribution in [0.4, 0.5) is 0 Å². The van der Waals surface area contributed by atoms with Crippen LogP contribution in [0.1, 0.15) is 66.6 Å². The lowest BCUT2D eigenvalue weighted by atomic mass is 10.1. The van der Waals surface area contributed by atoms with E-state index in [1.165, 1.54) is 4.57 Å². The Balaban J connectivity index is 2.49. The van der Waals surface area contributed by atoms with Crippen molar-refractivity contribution in [2.45, 2.75) is 85.9 Å². The van der Waals surface area contributed by atoms with Crippen molar-refractivity contribution in [3.63, 3.8) is 0 Å². The molecule has 2 aromatic heterocycles. The fourth-order valence-electron chi connectivity index (χ4n) is 3.20. The van der Waals surface area contributed by atoms with Crippen LogP contribution < -0.4 is 16.6 Å². The van der Waals surface area contributed by atoms with Crippen LogP contribution in [0.2, 0.25) is 0 Å². The van der Waals surface area contributed by atoms with E-state index in [1.807, 2.05) is 32.3 Å². The van der Waals surface area contributed by atoms with Gasteiger partial charge in [-0.25, -0.2) is 9.78 Å². The molecule has 0 spiro atoms. The maximum absolute atomic E-state index is 12.6. The molecule has 0 fully saturated rings. The number of carbonyl (C=O) groups is 1. The quantitative estimate of drug-likeness (QED) is 0.720. The van der Waals surface area contributed by atoms with Gasteiger partial charge in [-0.2, -0.15) is 0 Å². The number of aromatic nitrogens is 4. The number of unbranched alkanes of at least 4 members (excludes halogenated alkanes) is 1. The molecular weight excluding hydrogens is 358 g/mol. The van der Waals surface area contributed by atoms with Gasteiger partial charge in [-0.05, 0) is 33.1 Å². The van der Waals surface area contributed by atoms with Gasteiger partial charge >= 0.3 is 5.69 Å². The zero-order valence-electron chi connectivity index (χ0n) is 17.9. The van der Waals surface area contributed by atoms with Crippen molar-refractivity contribution >= 4 is 17.1 Å². The Morgan fingerprint density at radius 3 is 2.46 bits per heavy atom. The van der Waals surface area contributed by atoms with Crippen molar-refractivity contribution < 1.29 is 4.79 Å². The largest absolute Gasteiger partial charge is 0.351 e. The van der Waals surface area contributed by atoms with Crippen LogP contribution in [0.5, 0.6) is 0 Å². The Labute approximate surface area is 165 Å². The molecular formula is C20H33N5O3. The SMILES string of the molecule is CCCCn1c(=O)[nH]c(=O)c2c1nc(CCC(=O)NC(C)(C)C)n2CC(C)C. The molecule has 8 nitrogen and oxygen atoms in total. The lowest BCUT2D eigenvalue weighted by Gasteiger charge is -2.20. The van der Waals surface area contributed by atoms with Gasteiger partial charge < -0.3 is 9.88 Å². The molecule has 0 aliphatic rings. The Bertz CT molecular complexity index is 944. The number of hydrogen-bond donors (Lipinski definition) is 2. The summed E-state index contributed by atoms with van der Waals surface area (Å²) in [7, 11) is 0. The average Bonchev–Trinajstić information content (AvgIpc) is 2.89. The number of H-pyrrole nitrogens is 1. The predicted octanol–water partition coefficient (Wildman–Crippen LogP) is 2.19. The van der Waals surface area contributed by atoms with E-state index in [2.05, 4.69) is 29.1 Å². The van der Waals surface area contributed by atoms with Crippen molar-refractivity contribution in [3.8, 4) is 0 Å². The molecule has 0 aromatic carbocycles. The predicted molar refractivity (Wildman–Crippen MR) is 111 cm³/mol. The molecule has 0 atom stereocenters. The fraction of sp³-hybridized carbons (Fsp3) is 0.700. The minimum absolute atomic E-state index is 0.0621. The zero-order valence-corrected chi connectivity index (χ0v) is 17.9. The van der Waals surface area contributed by atoms with Crippen LogP contribution in [0.3, 0.4) is 0 Å². The van der Waals surface area contributed by atoms with Crippen LogP contribution in [0, 0.1) is 5.92 Å². The molecule has 2 aromatic rings. The van der Waals surface area contributed by atoms with Crippen LogP contribution >= 0.6 is 0 Å². The highest BCUT2D eigenvalue weighted by Crippen LogP contribution is 2.16. The maximum Gasteiger partial charge on any atom is 0.330 e. The van der Waals surface area contributed by atoms with Crippen molar-refractivity contribution in [2.75, 3.05) is 0 Å². The van der Waals surface area contributed by atoms with Gasteiger partial charge in [-0.15, -0.1) is 0 Å². The summed E-state index contributed by atoms with van der Waals surface area (Å²) in [6.45, 7) is 13.1. The standard InChI is InChI=1S/C20H33N5O3/c1-7-8-11-24-17-16(18(27)22-19(24)28)25(12-13(2)3)14(21-17)9-10-15(26)23-20(4,5)6/h13H,7-12H2,1-6H3,(H,23,26)(H,22,27,28). The Kier molecular flexibility index (Phi) is 6.85. The van der Waals surface area contributed by atoms with E-state index in [0.717, 1.165) is 12.8 Å². The molecule has 0 bridgehead atoms. The van der Waals surface area contributed by atoms with Gasteiger partial charge in [0.1, 0.15) is 5.82 Å². The van der Waals surface area contributed by atoms with Crippen LogP contribution in [0.25, 0.3) is 11.2 Å². The van der Waals surface area contributed by atoms with Crippen molar-refractivity contribution in [1.82, 2.24) is 24.4 Å². The van der Waals surface area contributed by atoms with Gasteiger partial charge in [0.2, 0.25) is 5.91 Å². The van der Waals surface area contributed by atoms with Crippen molar-refractivity contribution in [3.05, 3.63) is 26.7 Å². The number of imidazole rings is 1. The summed E-state index contributed by atoms with van der Waals surface area (Å²) in [5, 5.41) is 2.94. The number of amides is 1. The van der Waals surface area contributed by atoms with Crippen LogP contribution in [0.15, 0.2) is 9.59 Å². The van der Waals surface area contributed by atoms with Gasteiger partial charge in [-0.1, -0.05) is 27.2 Å². The van der Waals surface area contributed by atoms with Gasteiger partial charge in [0.05, 0.1) is 0 Å². The van der Waals surface area contributed by atoms with E-state index in [9.17, 15) is 14.4 Å². The first-order valence-electron chi connectivity index (χ1n) is 10.1. The molecule has 8 heteroatoms. The third kappa shape index (κ3) is 5.33. The summed E-state index contributed by atoms with van der Waals surface area (Å²) in [6.07, 6.45) is 2.43. The number of hydrogen-bond acceptors (Lipinski definition) is 4. The van der Waals surface area contributed by atoms with E-state index in [4.69, 9.17) is 0 Å². The molecule has 0 saturated carbocycles. The fourth-order valence-corrected chi connectivity index (χ4v) is 3.20. The molecule has 0 radical (unpaired) electrons. The summed E-state index contributed by atoms with van der Waals surface area (Å²) in [4.78, 5) is 44.2. The second-order valence-electron chi connectivity index (χ2n) is 8.77. The van der Waals surface area contributed by atoms with E-state index in [-0.39, 0.29) is 23.8 Å². The summed E-state index contributed by atoms with van der Waals surface area (Å²) < 4.78 is 3.40. The van der Waals surface area contributed by atoms with Crippen LogP contribution in [-0.2, 0) is 24.3 Å². The minimum atomic E-state index is -0.433. The first kappa shape index (κ1) is 21.9. The minimum Gasteiger partial charge on any atom is -0.351 e. The molecule has 1 amide bonds. The highest BCUT2D eigenvalue weighted by molar-refractivity contribution is 5.77. The molecule has 28 heavy (non-hydrogen) atoms. The topological polar surface area (TPSA) is 102 Å². The first-order valence-corrected chi connectivity index (χ1v) is 10.1. The molecule has 0 aliphatic carbocycles. The smallest absolute Gasteiger partial charge is 0.330 e. The van der Waals surface area contributed by atoms with E-state index in [1.54, 1.807) is 0 Å². The normalized spacial score (nSPS) is 12.1. The maximum atomic E-state index is 12.6. The Morgan fingerprint density at radius 1 is 1.21 bits per heavy atom. The second kappa shape index (κ2) is 8.75. The average molecular weight is 392 g/mol. The number of fused-ring (bicyclic) bond motifs is 1. The lowest BCUT2D eigenvalue weighted by Crippen LogP contribution is -2.40. The van der Waals surface area contributed by atoms with Gasteiger partial charge in [0.15, 0.2) is 11.2 Å². The molecule has 0 aliphatic heterocycles. The molecule has 156 valence electrons. The second-order valence-corrected chi connectivity index (χ2v) is 8.77. The number of aromatic amines is 1. The zero-order chi connectivity index (χ0) is 21.1. The number of aryl methyl sites for hydroxylation is 2. The summed E-state index contributed by atoms with van der Waals surface area (Å²) in [5.74, 6) is 0.886. The van der Waals surface area contributed by atoms with E-state index in [0.29, 0.717) is 36.5 Å². The highest BCUT2D eigenvalue weighted by atomic mass is 16.2. The van der Waals surface area contributed by atoms with Gasteiger partial charge in [0.25, 0.3) is 5.56 Å². The Morgan fingerprint density at radius 2 is 1.89 bits per heavy atom. The van der Waals surface area contributed by atoms with E-state index < -0.39 is 11.2 Å². The number of rotatable bonds is 8. The third-order valence-corrected chi connectivity index (χ3v) is 4.34. The number of nitrogens with one attached hydrogen (secondary N) is 2. The molecule has 0 unspecified atom stereocenters. The molecule has 0 saturated heterocycles. The first-order chi connectivity index (χ1) is 13.0. The summed E-state index contributed by atoms with van der Waals surface area (Å²) >= 11 is 0. The van der Waals surface area contributed by atoms with E-state index >= 15 is 0 Å². The van der Waals surface area contributed by atoms with Gasteiger partial charge in [-0.3, -0.25) is 19.1 Å². The van der Waals surface area contributed by atoms with Crippen molar-refractivity contribution in [2.24, 2.45) is 5.92 Å². The summed E-state index contributed by atoms with van der Waals surface area (Å²) in [5.41, 5.74) is -0.333. The lowest BCUT2D eigenvalue weighted by molar-refractivity contribution is -0.122.